The van der Waals surface area contributed by atoms with Crippen LogP contribution in [0.25, 0.3) is 6.08 Å². The van der Waals surface area contributed by atoms with Crippen LogP contribution in [0.5, 0.6) is 11.5 Å². The van der Waals surface area contributed by atoms with Crippen LogP contribution in [0.2, 0.25) is 0 Å². The number of hydrogen-bond donors (Lipinski definition) is 0. The van der Waals surface area contributed by atoms with Crippen molar-refractivity contribution < 1.29 is 23.8 Å². The maximum atomic E-state index is 13.1. The molecule has 7 nitrogen and oxygen atoms in total. The number of benzene rings is 1. The van der Waals surface area contributed by atoms with Crippen molar-refractivity contribution in [1.82, 2.24) is 4.90 Å². The maximum absolute atomic E-state index is 13.1. The highest BCUT2D eigenvalue weighted by molar-refractivity contribution is 6.19. The van der Waals surface area contributed by atoms with E-state index in [4.69, 9.17) is 14.2 Å². The first-order chi connectivity index (χ1) is 13.5. The second-order valence-electron chi connectivity index (χ2n) is 6.64. The molecular formula is C21H22N2O5. The minimum atomic E-state index is -0.565. The summed E-state index contributed by atoms with van der Waals surface area (Å²) in [4.78, 5) is 26.8. The van der Waals surface area contributed by atoms with Crippen molar-refractivity contribution in [3.63, 3.8) is 0 Å². The van der Waals surface area contributed by atoms with Crippen molar-refractivity contribution in [3.8, 4) is 17.6 Å². The van der Waals surface area contributed by atoms with Gasteiger partial charge in [0.05, 0.1) is 26.9 Å². The Kier molecular flexibility index (Phi) is 5.81. The third-order valence-corrected chi connectivity index (χ3v) is 4.95. The van der Waals surface area contributed by atoms with Crippen LogP contribution < -0.4 is 9.47 Å². The molecule has 3 rings (SSSR count). The second-order valence-corrected chi connectivity index (χ2v) is 6.64. The molecule has 0 spiro atoms. The molecule has 0 aliphatic carbocycles. The number of amides is 2. The van der Waals surface area contributed by atoms with Crippen molar-refractivity contribution in [3.05, 3.63) is 40.5 Å². The van der Waals surface area contributed by atoms with Gasteiger partial charge in [0.15, 0.2) is 11.5 Å². The monoisotopic (exact) mass is 382 g/mol. The number of hydrogen-bond acceptors (Lipinski definition) is 6. The first-order valence-corrected chi connectivity index (χ1v) is 9.03. The molecule has 2 aliphatic heterocycles. The molecule has 28 heavy (non-hydrogen) atoms. The number of imide groups is 1. The van der Waals surface area contributed by atoms with Crippen molar-refractivity contribution in [2.45, 2.75) is 25.9 Å². The Labute approximate surface area is 163 Å². The summed E-state index contributed by atoms with van der Waals surface area (Å²) in [7, 11) is 3.07. The molecule has 1 aromatic rings. The van der Waals surface area contributed by atoms with E-state index in [0.29, 0.717) is 34.8 Å². The molecule has 1 fully saturated rings. The SMILES string of the molecule is COc1ccc(/C=C2\C(=O)N(CC3CCCO3)C(=O)C(C#N)=C2C)cc1OC. The number of methoxy groups -OCH3 is 2. The smallest absolute Gasteiger partial charge is 0.271 e. The molecule has 1 aromatic carbocycles. The lowest BCUT2D eigenvalue weighted by molar-refractivity contribution is -0.142. The zero-order valence-electron chi connectivity index (χ0n) is 16.2. The van der Waals surface area contributed by atoms with Crippen LogP contribution in [0, 0.1) is 11.3 Å². The lowest BCUT2D eigenvalue weighted by Crippen LogP contribution is -2.46. The first kappa shape index (κ1) is 19.6. The highest BCUT2D eigenvalue weighted by atomic mass is 16.5. The molecule has 1 saturated heterocycles. The van der Waals surface area contributed by atoms with Crippen molar-refractivity contribution >= 4 is 17.9 Å². The number of carbonyl (C=O) groups is 2. The van der Waals surface area contributed by atoms with E-state index in [2.05, 4.69) is 0 Å². The molecule has 2 amide bonds. The van der Waals surface area contributed by atoms with Crippen LogP contribution in [0.1, 0.15) is 25.3 Å². The summed E-state index contributed by atoms with van der Waals surface area (Å²) >= 11 is 0. The highest BCUT2D eigenvalue weighted by Crippen LogP contribution is 2.31. The lowest BCUT2D eigenvalue weighted by atomic mass is 9.93. The molecule has 0 N–H and O–H groups in total. The van der Waals surface area contributed by atoms with Crippen molar-refractivity contribution in [2.24, 2.45) is 0 Å². The van der Waals surface area contributed by atoms with Gasteiger partial charge in [-0.05, 0) is 49.1 Å². The Morgan fingerprint density at radius 1 is 1.25 bits per heavy atom. The van der Waals surface area contributed by atoms with Gasteiger partial charge in [-0.3, -0.25) is 14.5 Å². The first-order valence-electron chi connectivity index (χ1n) is 9.03. The normalized spacial score (nSPS) is 21.3. The summed E-state index contributed by atoms with van der Waals surface area (Å²) < 4.78 is 16.1. The average Bonchev–Trinajstić information content (AvgIpc) is 3.22. The molecule has 2 heterocycles. The Bertz CT molecular complexity index is 904. The zero-order valence-corrected chi connectivity index (χ0v) is 16.2. The standard InChI is InChI=1S/C21H22N2O5/c1-13-16(9-14-6-7-18(26-2)19(10-14)27-3)20(24)23(21(25)17(13)11-22)12-15-5-4-8-28-15/h6-7,9-10,15H,4-5,8,12H2,1-3H3/b16-9-. The third-order valence-electron chi connectivity index (χ3n) is 4.95. The van der Waals surface area contributed by atoms with Gasteiger partial charge in [0.25, 0.3) is 11.8 Å². The summed E-state index contributed by atoms with van der Waals surface area (Å²) in [6.45, 7) is 2.39. The number of rotatable bonds is 5. The van der Waals surface area contributed by atoms with E-state index in [0.717, 1.165) is 17.7 Å². The fourth-order valence-electron chi connectivity index (χ4n) is 3.40. The van der Waals surface area contributed by atoms with Gasteiger partial charge in [-0.15, -0.1) is 0 Å². The third kappa shape index (κ3) is 3.64. The number of carbonyl (C=O) groups excluding carboxylic acids is 2. The number of nitrogens with zero attached hydrogens (tertiary/aromatic N) is 2. The number of ether oxygens (including phenoxy) is 3. The molecular weight excluding hydrogens is 360 g/mol. The van der Waals surface area contributed by atoms with Gasteiger partial charge in [-0.2, -0.15) is 5.26 Å². The van der Waals surface area contributed by atoms with E-state index in [1.807, 2.05) is 6.07 Å². The van der Waals surface area contributed by atoms with E-state index in [1.165, 1.54) is 7.11 Å². The molecule has 0 bridgehead atoms. The summed E-state index contributed by atoms with van der Waals surface area (Å²) in [5, 5.41) is 9.47. The van der Waals surface area contributed by atoms with E-state index in [1.54, 1.807) is 38.3 Å². The number of nitriles is 1. The summed E-state index contributed by atoms with van der Waals surface area (Å²) in [5.41, 5.74) is 1.35. The minimum absolute atomic E-state index is 0.0238. The molecule has 7 heteroatoms. The van der Waals surface area contributed by atoms with Gasteiger partial charge < -0.3 is 14.2 Å². The fraction of sp³-hybridized carbons (Fsp3) is 0.381. The fourth-order valence-corrected chi connectivity index (χ4v) is 3.40. The summed E-state index contributed by atoms with van der Waals surface area (Å²) in [5.74, 6) is 0.103. The Morgan fingerprint density at radius 2 is 2.00 bits per heavy atom. The maximum Gasteiger partial charge on any atom is 0.271 e. The van der Waals surface area contributed by atoms with Crippen LogP contribution in [-0.2, 0) is 14.3 Å². The second kappa shape index (κ2) is 8.28. The molecule has 2 aliphatic rings. The van der Waals surface area contributed by atoms with E-state index < -0.39 is 11.8 Å². The van der Waals surface area contributed by atoms with Gasteiger partial charge in [0, 0.05) is 12.2 Å². The summed E-state index contributed by atoms with van der Waals surface area (Å²) in [6, 6.07) is 7.19. The molecule has 0 aromatic heterocycles. The predicted molar refractivity (Wildman–Crippen MR) is 102 cm³/mol. The van der Waals surface area contributed by atoms with E-state index in [-0.39, 0.29) is 18.2 Å². The predicted octanol–water partition coefficient (Wildman–Crippen LogP) is 2.48. The van der Waals surface area contributed by atoms with Gasteiger partial charge in [-0.1, -0.05) is 6.07 Å². The average molecular weight is 382 g/mol. The Balaban J connectivity index is 2.01. The molecule has 0 radical (unpaired) electrons. The van der Waals surface area contributed by atoms with Crippen LogP contribution in [-0.4, -0.2) is 50.2 Å². The quantitative estimate of drug-likeness (QED) is 0.574. The molecule has 1 atom stereocenters. The molecule has 1 unspecified atom stereocenters. The van der Waals surface area contributed by atoms with Crippen LogP contribution >= 0.6 is 0 Å². The van der Waals surface area contributed by atoms with Gasteiger partial charge in [0.1, 0.15) is 11.6 Å². The van der Waals surface area contributed by atoms with E-state index in [9.17, 15) is 14.9 Å². The largest absolute Gasteiger partial charge is 0.493 e. The van der Waals surface area contributed by atoms with Crippen molar-refractivity contribution in [1.29, 1.82) is 5.26 Å². The topological polar surface area (TPSA) is 88.9 Å². The van der Waals surface area contributed by atoms with Crippen LogP contribution in [0.3, 0.4) is 0 Å². The minimum Gasteiger partial charge on any atom is -0.493 e. The molecule has 146 valence electrons. The van der Waals surface area contributed by atoms with Crippen LogP contribution in [0.15, 0.2) is 34.9 Å². The zero-order chi connectivity index (χ0) is 20.3. The van der Waals surface area contributed by atoms with Gasteiger partial charge >= 0.3 is 0 Å². The van der Waals surface area contributed by atoms with Crippen molar-refractivity contribution in [2.75, 3.05) is 27.4 Å². The van der Waals surface area contributed by atoms with Gasteiger partial charge in [0.2, 0.25) is 0 Å². The van der Waals surface area contributed by atoms with E-state index >= 15 is 0 Å². The lowest BCUT2D eigenvalue weighted by Gasteiger charge is -2.29. The van der Waals surface area contributed by atoms with Gasteiger partial charge in [-0.25, -0.2) is 0 Å². The Hall–Kier alpha value is -3.11. The highest BCUT2D eigenvalue weighted by Gasteiger charge is 2.37. The van der Waals surface area contributed by atoms with Crippen LogP contribution in [0.4, 0.5) is 0 Å². The Morgan fingerprint density at radius 3 is 2.61 bits per heavy atom. The summed E-state index contributed by atoms with van der Waals surface area (Å²) in [6.07, 6.45) is 3.16. The molecule has 0 saturated carbocycles.